The number of ether oxygens (including phenoxy) is 1. The summed E-state index contributed by atoms with van der Waals surface area (Å²) >= 11 is 0. The molecule has 1 aromatic heterocycles. The molecule has 5 nitrogen and oxygen atoms in total. The Morgan fingerprint density at radius 2 is 2.00 bits per heavy atom. The van der Waals surface area contributed by atoms with Crippen LogP contribution in [0.4, 0.5) is 5.69 Å². The lowest BCUT2D eigenvalue weighted by molar-refractivity contribution is 0.335. The van der Waals surface area contributed by atoms with Crippen molar-refractivity contribution < 1.29 is 9.84 Å². The second-order valence-corrected chi connectivity index (χ2v) is 6.50. The molecular formula is C20H26N2O3. The number of benzene rings is 1. The van der Waals surface area contributed by atoms with Crippen LogP contribution >= 0.6 is 0 Å². The molecule has 0 unspecified atom stereocenters. The van der Waals surface area contributed by atoms with E-state index in [1.807, 2.05) is 13.0 Å². The predicted octanol–water partition coefficient (Wildman–Crippen LogP) is 3.90. The van der Waals surface area contributed by atoms with Gasteiger partial charge in [-0.3, -0.25) is 4.79 Å². The summed E-state index contributed by atoms with van der Waals surface area (Å²) in [5.41, 5.74) is 8.99. The number of nitrogens with zero attached hydrogens (tertiary/aromatic N) is 1. The Balaban J connectivity index is 2.24. The Hall–Kier alpha value is -2.69. The van der Waals surface area contributed by atoms with Crippen molar-refractivity contribution in [3.05, 3.63) is 51.9 Å². The second-order valence-electron chi connectivity index (χ2n) is 6.50. The van der Waals surface area contributed by atoms with Crippen molar-refractivity contribution in [2.75, 3.05) is 12.3 Å². The van der Waals surface area contributed by atoms with Crippen LogP contribution in [0.3, 0.4) is 0 Å². The second kappa shape index (κ2) is 7.92. The number of anilines is 1. The molecule has 25 heavy (non-hydrogen) atoms. The third-order valence-electron chi connectivity index (χ3n) is 4.10. The number of hydrogen-bond donors (Lipinski definition) is 2. The molecule has 0 saturated heterocycles. The van der Waals surface area contributed by atoms with Crippen LogP contribution < -0.4 is 16.0 Å². The normalized spacial score (nSPS) is 11.6. The van der Waals surface area contributed by atoms with Crippen LogP contribution in [-0.2, 0) is 7.05 Å². The van der Waals surface area contributed by atoms with Gasteiger partial charge in [-0.1, -0.05) is 17.2 Å². The van der Waals surface area contributed by atoms with Gasteiger partial charge in [0, 0.05) is 18.1 Å². The van der Waals surface area contributed by atoms with Crippen molar-refractivity contribution in [3.63, 3.8) is 0 Å². The van der Waals surface area contributed by atoms with Gasteiger partial charge in [0.15, 0.2) is 5.75 Å². The molecular weight excluding hydrogens is 316 g/mol. The lowest BCUT2D eigenvalue weighted by Crippen LogP contribution is -2.18. The zero-order valence-electron chi connectivity index (χ0n) is 15.3. The third kappa shape index (κ3) is 4.44. The minimum atomic E-state index is -0.502. The quantitative estimate of drug-likeness (QED) is 0.616. The summed E-state index contributed by atoms with van der Waals surface area (Å²) in [5.74, 6) is -0.179. The highest BCUT2D eigenvalue weighted by Crippen LogP contribution is 2.32. The first-order valence-electron chi connectivity index (χ1n) is 8.34. The van der Waals surface area contributed by atoms with Crippen molar-refractivity contribution in [3.8, 4) is 11.5 Å². The van der Waals surface area contributed by atoms with Gasteiger partial charge in [0.1, 0.15) is 6.61 Å². The summed E-state index contributed by atoms with van der Waals surface area (Å²) in [6.07, 6.45) is 6.11. The molecule has 0 aliphatic heterocycles. The molecule has 0 spiro atoms. The van der Waals surface area contributed by atoms with Gasteiger partial charge in [-0.05, 0) is 57.9 Å². The Kier molecular flexibility index (Phi) is 5.91. The summed E-state index contributed by atoms with van der Waals surface area (Å²) in [6.45, 7) is 6.50. The molecule has 134 valence electrons. The Morgan fingerprint density at radius 1 is 1.28 bits per heavy atom. The summed E-state index contributed by atoms with van der Waals surface area (Å²) < 4.78 is 7.10. The molecule has 5 heteroatoms. The number of nitrogen functional groups attached to an aromatic ring is 1. The van der Waals surface area contributed by atoms with E-state index < -0.39 is 5.56 Å². The molecule has 0 fully saturated rings. The van der Waals surface area contributed by atoms with Gasteiger partial charge in [-0.15, -0.1) is 0 Å². The fourth-order valence-corrected chi connectivity index (χ4v) is 2.62. The minimum Gasteiger partial charge on any atom is -0.500 e. The number of aromatic hydroxyl groups is 1. The van der Waals surface area contributed by atoms with Crippen LogP contribution in [0.15, 0.2) is 46.3 Å². The van der Waals surface area contributed by atoms with E-state index in [0.717, 1.165) is 12.8 Å². The summed E-state index contributed by atoms with van der Waals surface area (Å²) in [5, 5.41) is 10.9. The number of fused-ring (bicyclic) bond motifs is 1. The first-order valence-corrected chi connectivity index (χ1v) is 8.34. The van der Waals surface area contributed by atoms with E-state index >= 15 is 0 Å². The van der Waals surface area contributed by atoms with Crippen molar-refractivity contribution in [1.82, 2.24) is 4.57 Å². The fraction of sp³-hybridized carbons (Fsp3) is 0.350. The molecule has 2 aromatic rings. The molecule has 0 saturated carbocycles. The maximum atomic E-state index is 12.2. The van der Waals surface area contributed by atoms with Gasteiger partial charge in [0.25, 0.3) is 5.56 Å². The first kappa shape index (κ1) is 18.6. The van der Waals surface area contributed by atoms with E-state index in [1.54, 1.807) is 25.2 Å². The van der Waals surface area contributed by atoms with E-state index in [4.69, 9.17) is 10.5 Å². The van der Waals surface area contributed by atoms with Gasteiger partial charge in [-0.25, -0.2) is 0 Å². The van der Waals surface area contributed by atoms with E-state index in [0.29, 0.717) is 23.2 Å². The molecule has 2 rings (SSSR count). The molecule has 3 N–H and O–H groups in total. The number of aryl methyl sites for hydroxylation is 1. The maximum Gasteiger partial charge on any atom is 0.296 e. The lowest BCUT2D eigenvalue weighted by Gasteiger charge is -2.13. The molecule has 0 aliphatic carbocycles. The van der Waals surface area contributed by atoms with Crippen LogP contribution in [0.2, 0.25) is 0 Å². The van der Waals surface area contributed by atoms with Crippen LogP contribution in [0.1, 0.15) is 33.6 Å². The molecule has 0 atom stereocenters. The van der Waals surface area contributed by atoms with E-state index in [2.05, 4.69) is 19.9 Å². The van der Waals surface area contributed by atoms with Crippen LogP contribution in [-0.4, -0.2) is 16.3 Å². The fourth-order valence-electron chi connectivity index (χ4n) is 2.62. The number of pyridine rings is 1. The van der Waals surface area contributed by atoms with E-state index in [9.17, 15) is 9.90 Å². The van der Waals surface area contributed by atoms with E-state index in [1.165, 1.54) is 15.7 Å². The van der Waals surface area contributed by atoms with Crippen molar-refractivity contribution in [2.24, 2.45) is 7.05 Å². The van der Waals surface area contributed by atoms with Crippen LogP contribution in [0.25, 0.3) is 10.9 Å². The van der Waals surface area contributed by atoms with Gasteiger partial charge in [0.2, 0.25) is 5.75 Å². The third-order valence-corrected chi connectivity index (χ3v) is 4.10. The largest absolute Gasteiger partial charge is 0.500 e. The molecule has 0 radical (unpaired) electrons. The maximum absolute atomic E-state index is 12.2. The monoisotopic (exact) mass is 342 g/mol. The van der Waals surface area contributed by atoms with Gasteiger partial charge in [0.05, 0.1) is 5.52 Å². The summed E-state index contributed by atoms with van der Waals surface area (Å²) in [4.78, 5) is 12.2. The number of hydrogen-bond acceptors (Lipinski definition) is 4. The van der Waals surface area contributed by atoms with Crippen LogP contribution in [0.5, 0.6) is 11.5 Å². The van der Waals surface area contributed by atoms with Gasteiger partial charge >= 0.3 is 0 Å². The van der Waals surface area contributed by atoms with Crippen molar-refractivity contribution in [2.45, 2.75) is 33.6 Å². The van der Waals surface area contributed by atoms with Crippen LogP contribution in [0, 0.1) is 0 Å². The zero-order chi connectivity index (χ0) is 18.6. The smallest absolute Gasteiger partial charge is 0.296 e. The minimum absolute atomic E-state index is 0.200. The molecule has 0 amide bonds. The number of rotatable bonds is 6. The summed E-state index contributed by atoms with van der Waals surface area (Å²) in [7, 11) is 1.60. The first-order chi connectivity index (χ1) is 11.8. The zero-order valence-corrected chi connectivity index (χ0v) is 15.3. The topological polar surface area (TPSA) is 77.5 Å². The van der Waals surface area contributed by atoms with Gasteiger partial charge in [-0.2, -0.15) is 0 Å². The standard InChI is InChI=1S/C20H26N2O3/c1-13(2)6-5-7-14(3)10-11-25-19-16-9-8-15(21)12-17(16)22(4)20(24)18(19)23/h6,8-10,12,23H,5,7,11,21H2,1-4H3. The lowest BCUT2D eigenvalue weighted by atomic mass is 10.1. The predicted molar refractivity (Wildman–Crippen MR) is 103 cm³/mol. The molecule has 1 aromatic carbocycles. The average molecular weight is 342 g/mol. The molecule has 0 aliphatic rings. The molecule has 1 heterocycles. The van der Waals surface area contributed by atoms with E-state index in [-0.39, 0.29) is 11.5 Å². The Morgan fingerprint density at radius 3 is 2.68 bits per heavy atom. The Bertz CT molecular complexity index is 888. The van der Waals surface area contributed by atoms with Crippen molar-refractivity contribution in [1.29, 1.82) is 0 Å². The highest BCUT2D eigenvalue weighted by Gasteiger charge is 2.15. The average Bonchev–Trinajstić information content (AvgIpc) is 2.56. The number of aromatic nitrogens is 1. The Labute approximate surface area is 148 Å². The van der Waals surface area contributed by atoms with Gasteiger partial charge < -0.3 is 20.1 Å². The highest BCUT2D eigenvalue weighted by molar-refractivity contribution is 5.89. The summed E-state index contributed by atoms with van der Waals surface area (Å²) in [6, 6.07) is 5.17. The SMILES string of the molecule is CC(C)=CCCC(C)=CCOc1c(O)c(=O)n(C)c2cc(N)ccc12. The number of nitrogens with two attached hydrogens (primary N) is 1. The number of allylic oxidation sites excluding steroid dienone is 3. The highest BCUT2D eigenvalue weighted by atomic mass is 16.5. The van der Waals surface area contributed by atoms with Crippen molar-refractivity contribution >= 4 is 16.6 Å². The molecule has 0 bridgehead atoms.